The zero-order valence-corrected chi connectivity index (χ0v) is 12.2. The Kier molecular flexibility index (Phi) is 4.61. The first-order chi connectivity index (χ1) is 9.10. The zero-order chi connectivity index (χ0) is 13.8. The number of aromatic nitrogens is 2. The number of rotatable bonds is 4. The van der Waals surface area contributed by atoms with Gasteiger partial charge in [-0.1, -0.05) is 22.9 Å². The lowest BCUT2D eigenvalue weighted by atomic mass is 10.1. The molecular weight excluding hydrogens is 309 g/mol. The molecule has 19 heavy (non-hydrogen) atoms. The summed E-state index contributed by atoms with van der Waals surface area (Å²) in [4.78, 5) is 8.64. The molecule has 0 aliphatic rings. The van der Waals surface area contributed by atoms with Crippen LogP contribution in [0.3, 0.4) is 0 Å². The van der Waals surface area contributed by atoms with Crippen molar-refractivity contribution in [2.24, 2.45) is 5.73 Å². The number of halogens is 2. The molecule has 5 heteroatoms. The third kappa shape index (κ3) is 3.58. The van der Waals surface area contributed by atoms with E-state index < -0.39 is 0 Å². The second-order valence-corrected chi connectivity index (χ2v) is 5.22. The minimum Gasteiger partial charge on any atom is -0.327 e. The summed E-state index contributed by atoms with van der Waals surface area (Å²) in [6, 6.07) is 6.39. The lowest BCUT2D eigenvalue weighted by molar-refractivity contribution is 0.627. The summed E-state index contributed by atoms with van der Waals surface area (Å²) < 4.78 is 14.1. The minimum atomic E-state index is -0.308. The van der Waals surface area contributed by atoms with Gasteiger partial charge in [0.15, 0.2) is 5.82 Å². The first-order valence-electron chi connectivity index (χ1n) is 6.13. The van der Waals surface area contributed by atoms with Crippen LogP contribution in [0.2, 0.25) is 0 Å². The largest absolute Gasteiger partial charge is 0.327 e. The molecular formula is C14H15BrFN3. The highest BCUT2D eigenvalue weighted by Crippen LogP contribution is 2.26. The van der Waals surface area contributed by atoms with Crippen molar-refractivity contribution < 1.29 is 4.39 Å². The molecule has 100 valence electrons. The van der Waals surface area contributed by atoms with E-state index in [1.165, 1.54) is 12.1 Å². The van der Waals surface area contributed by atoms with Gasteiger partial charge >= 0.3 is 0 Å². The number of hydrogen-bond acceptors (Lipinski definition) is 3. The summed E-state index contributed by atoms with van der Waals surface area (Å²) in [7, 11) is 0. The molecule has 0 saturated carbocycles. The van der Waals surface area contributed by atoms with E-state index in [0.717, 1.165) is 16.6 Å². The molecule has 0 aliphatic heterocycles. The quantitative estimate of drug-likeness (QED) is 0.938. The fourth-order valence-corrected chi connectivity index (χ4v) is 2.15. The highest BCUT2D eigenvalue weighted by atomic mass is 79.9. The molecule has 3 nitrogen and oxygen atoms in total. The van der Waals surface area contributed by atoms with Gasteiger partial charge in [0, 0.05) is 34.4 Å². The summed E-state index contributed by atoms with van der Waals surface area (Å²) in [6.45, 7) is 2.04. The number of hydrogen-bond donors (Lipinski definition) is 1. The summed E-state index contributed by atoms with van der Waals surface area (Å²) in [5, 5.41) is 0. The van der Waals surface area contributed by atoms with Crippen molar-refractivity contribution in [2.45, 2.75) is 25.8 Å². The van der Waals surface area contributed by atoms with Crippen LogP contribution >= 0.6 is 15.9 Å². The van der Waals surface area contributed by atoms with Gasteiger partial charge in [-0.3, -0.25) is 0 Å². The Labute approximate surface area is 120 Å². The second-order valence-electron chi connectivity index (χ2n) is 4.37. The van der Waals surface area contributed by atoms with Crippen molar-refractivity contribution in [2.75, 3.05) is 0 Å². The summed E-state index contributed by atoms with van der Waals surface area (Å²) in [6.07, 6.45) is 3.26. The topological polar surface area (TPSA) is 51.8 Å². The van der Waals surface area contributed by atoms with Gasteiger partial charge in [-0.25, -0.2) is 14.4 Å². The predicted molar refractivity (Wildman–Crippen MR) is 77.1 cm³/mol. The van der Waals surface area contributed by atoms with Crippen LogP contribution in [-0.4, -0.2) is 16.0 Å². The van der Waals surface area contributed by atoms with Crippen LogP contribution in [-0.2, 0) is 6.42 Å². The Morgan fingerprint density at radius 2 is 2.16 bits per heavy atom. The maximum Gasteiger partial charge on any atom is 0.160 e. The molecule has 1 unspecified atom stereocenters. The molecule has 0 bridgehead atoms. The van der Waals surface area contributed by atoms with Gasteiger partial charge in [-0.2, -0.15) is 0 Å². The van der Waals surface area contributed by atoms with Crippen LogP contribution in [0.15, 0.2) is 34.9 Å². The Bertz CT molecular complexity index is 574. The van der Waals surface area contributed by atoms with E-state index >= 15 is 0 Å². The smallest absolute Gasteiger partial charge is 0.160 e. The molecule has 0 saturated heterocycles. The van der Waals surface area contributed by atoms with Gasteiger partial charge in [0.05, 0.1) is 0 Å². The molecule has 0 fully saturated rings. The van der Waals surface area contributed by atoms with Gasteiger partial charge in [0.1, 0.15) is 5.82 Å². The summed E-state index contributed by atoms with van der Waals surface area (Å²) in [5.74, 6) is 0.199. The molecule has 0 amide bonds. The average Bonchev–Trinajstić information content (AvgIpc) is 2.41. The van der Waals surface area contributed by atoms with Crippen LogP contribution in [0.5, 0.6) is 0 Å². The van der Waals surface area contributed by atoms with Crippen molar-refractivity contribution in [3.05, 3.63) is 46.4 Å². The van der Waals surface area contributed by atoms with Gasteiger partial charge < -0.3 is 5.73 Å². The molecule has 1 atom stereocenters. The number of nitrogens with zero attached hydrogens (tertiary/aromatic N) is 2. The van der Waals surface area contributed by atoms with Crippen LogP contribution in [0.1, 0.15) is 19.0 Å². The standard InChI is InChI=1S/C14H15BrFN3/c1-2-10(17)8-11-5-6-18-14(19-11)12-7-9(16)3-4-13(12)15/h3-7,10H,2,8,17H2,1H3. The number of nitrogens with two attached hydrogens (primary N) is 1. The third-order valence-electron chi connectivity index (χ3n) is 2.88. The first-order valence-corrected chi connectivity index (χ1v) is 6.92. The van der Waals surface area contributed by atoms with Crippen molar-refractivity contribution in [3.63, 3.8) is 0 Å². The Balaban J connectivity index is 2.35. The monoisotopic (exact) mass is 323 g/mol. The maximum absolute atomic E-state index is 13.3. The Hall–Kier alpha value is -1.33. The lowest BCUT2D eigenvalue weighted by Gasteiger charge is -2.09. The number of benzene rings is 1. The lowest BCUT2D eigenvalue weighted by Crippen LogP contribution is -2.22. The third-order valence-corrected chi connectivity index (χ3v) is 3.57. The fraction of sp³-hybridized carbons (Fsp3) is 0.286. The second kappa shape index (κ2) is 6.21. The average molecular weight is 324 g/mol. The van der Waals surface area contributed by atoms with Crippen molar-refractivity contribution in [1.82, 2.24) is 9.97 Å². The minimum absolute atomic E-state index is 0.0821. The molecule has 1 aromatic heterocycles. The van der Waals surface area contributed by atoms with E-state index in [9.17, 15) is 4.39 Å². The van der Waals surface area contributed by atoms with Crippen LogP contribution in [0.25, 0.3) is 11.4 Å². The van der Waals surface area contributed by atoms with Gasteiger partial charge in [-0.15, -0.1) is 0 Å². The normalized spacial score (nSPS) is 12.4. The molecule has 2 rings (SSSR count). The summed E-state index contributed by atoms with van der Waals surface area (Å²) in [5.41, 5.74) is 7.43. The van der Waals surface area contributed by atoms with Gasteiger partial charge in [0.2, 0.25) is 0 Å². The molecule has 0 spiro atoms. The SMILES string of the molecule is CCC(N)Cc1ccnc(-c2cc(F)ccc2Br)n1. The van der Waals surface area contributed by atoms with E-state index in [1.807, 2.05) is 13.0 Å². The van der Waals surface area contributed by atoms with Gasteiger partial charge in [0.25, 0.3) is 0 Å². The highest BCUT2D eigenvalue weighted by molar-refractivity contribution is 9.10. The van der Waals surface area contributed by atoms with Crippen molar-refractivity contribution in [1.29, 1.82) is 0 Å². The predicted octanol–water partition coefficient (Wildman–Crippen LogP) is 3.33. The fourth-order valence-electron chi connectivity index (χ4n) is 1.72. The zero-order valence-electron chi connectivity index (χ0n) is 10.6. The maximum atomic E-state index is 13.3. The van der Waals surface area contributed by atoms with E-state index in [2.05, 4.69) is 25.9 Å². The molecule has 1 heterocycles. The summed E-state index contributed by atoms with van der Waals surface area (Å²) >= 11 is 3.38. The van der Waals surface area contributed by atoms with E-state index in [-0.39, 0.29) is 11.9 Å². The molecule has 0 radical (unpaired) electrons. The molecule has 0 aliphatic carbocycles. The van der Waals surface area contributed by atoms with Crippen LogP contribution in [0.4, 0.5) is 4.39 Å². The van der Waals surface area contributed by atoms with Crippen LogP contribution < -0.4 is 5.73 Å². The van der Waals surface area contributed by atoms with Gasteiger partial charge in [-0.05, 0) is 30.7 Å². The molecule has 1 aromatic carbocycles. The van der Waals surface area contributed by atoms with Crippen molar-refractivity contribution in [3.8, 4) is 11.4 Å². The first kappa shape index (κ1) is 14.1. The van der Waals surface area contributed by atoms with E-state index in [4.69, 9.17) is 5.73 Å². The van der Waals surface area contributed by atoms with E-state index in [1.54, 1.807) is 12.3 Å². The van der Waals surface area contributed by atoms with Crippen molar-refractivity contribution >= 4 is 15.9 Å². The van der Waals surface area contributed by atoms with Crippen LogP contribution in [0, 0.1) is 5.82 Å². The Morgan fingerprint density at radius 1 is 1.37 bits per heavy atom. The highest BCUT2D eigenvalue weighted by Gasteiger charge is 2.09. The molecule has 2 aromatic rings. The van der Waals surface area contributed by atoms with E-state index in [0.29, 0.717) is 17.8 Å². The Morgan fingerprint density at radius 3 is 2.89 bits per heavy atom. The molecule has 2 N–H and O–H groups in total.